The molecule has 0 spiro atoms. The first-order valence-corrected chi connectivity index (χ1v) is 7.31. The van der Waals surface area contributed by atoms with Gasteiger partial charge in [0, 0.05) is 16.5 Å². The number of nitrogens with zero attached hydrogens (tertiary/aromatic N) is 3. The first kappa shape index (κ1) is 13.5. The highest BCUT2D eigenvalue weighted by molar-refractivity contribution is 7.15. The van der Waals surface area contributed by atoms with E-state index in [2.05, 4.69) is 34.1 Å². The Morgan fingerprint density at radius 2 is 2.05 bits per heavy atom. The minimum atomic E-state index is -0.273. The maximum Gasteiger partial charge on any atom is 0.253 e. The fraction of sp³-hybridized carbons (Fsp3) is 0.133. The van der Waals surface area contributed by atoms with Crippen LogP contribution < -0.4 is 5.32 Å². The van der Waals surface area contributed by atoms with Crippen molar-refractivity contribution in [2.24, 2.45) is 0 Å². The van der Waals surface area contributed by atoms with Crippen LogP contribution in [0.15, 0.2) is 41.8 Å². The van der Waals surface area contributed by atoms with E-state index in [1.54, 1.807) is 11.4 Å². The summed E-state index contributed by atoms with van der Waals surface area (Å²) < 4.78 is 1.74. The summed E-state index contributed by atoms with van der Waals surface area (Å²) in [7, 11) is 0. The van der Waals surface area contributed by atoms with Gasteiger partial charge in [-0.05, 0) is 13.8 Å². The summed E-state index contributed by atoms with van der Waals surface area (Å²) in [5.74, 6) is 0.0216. The van der Waals surface area contributed by atoms with Gasteiger partial charge in [-0.25, -0.2) is 4.52 Å². The van der Waals surface area contributed by atoms with E-state index >= 15 is 0 Å². The number of thiazole rings is 1. The van der Waals surface area contributed by atoms with Crippen LogP contribution in [0, 0.1) is 6.92 Å². The van der Waals surface area contributed by atoms with Gasteiger partial charge >= 0.3 is 0 Å². The monoisotopic (exact) mass is 298 g/mol. The summed E-state index contributed by atoms with van der Waals surface area (Å²) in [5, 5.41) is 8.97. The predicted molar refractivity (Wildman–Crippen MR) is 84.5 cm³/mol. The van der Waals surface area contributed by atoms with Gasteiger partial charge in [-0.2, -0.15) is 4.98 Å². The molecule has 2 aromatic heterocycles. The molecule has 21 heavy (non-hydrogen) atoms. The SMILES string of the molecule is C=C(C)C(=O)Nc1nc2scc(-c3ccc(C)cc3)n2n1. The Labute approximate surface area is 126 Å². The normalized spacial score (nSPS) is 10.8. The van der Waals surface area contributed by atoms with E-state index in [9.17, 15) is 4.79 Å². The van der Waals surface area contributed by atoms with Crippen molar-refractivity contribution in [3.8, 4) is 11.3 Å². The summed E-state index contributed by atoms with van der Waals surface area (Å²) in [4.78, 5) is 16.6. The number of fused-ring (bicyclic) bond motifs is 1. The van der Waals surface area contributed by atoms with Crippen LogP contribution in [0.3, 0.4) is 0 Å². The van der Waals surface area contributed by atoms with Gasteiger partial charge in [0.15, 0.2) is 0 Å². The van der Waals surface area contributed by atoms with Crippen LogP contribution in [0.2, 0.25) is 0 Å². The third-order valence-electron chi connectivity index (χ3n) is 3.04. The number of carbonyl (C=O) groups is 1. The molecule has 5 nitrogen and oxygen atoms in total. The van der Waals surface area contributed by atoms with Crippen LogP contribution in [0.4, 0.5) is 5.95 Å². The molecule has 0 unspecified atom stereocenters. The summed E-state index contributed by atoms with van der Waals surface area (Å²) >= 11 is 1.48. The molecule has 0 radical (unpaired) electrons. The van der Waals surface area contributed by atoms with Crippen molar-refractivity contribution in [1.29, 1.82) is 0 Å². The van der Waals surface area contributed by atoms with Crippen molar-refractivity contribution in [3.63, 3.8) is 0 Å². The summed E-state index contributed by atoms with van der Waals surface area (Å²) in [6.07, 6.45) is 0. The van der Waals surface area contributed by atoms with Gasteiger partial charge in [-0.15, -0.1) is 16.4 Å². The lowest BCUT2D eigenvalue weighted by Gasteiger charge is -2.00. The van der Waals surface area contributed by atoms with E-state index in [0.29, 0.717) is 11.5 Å². The van der Waals surface area contributed by atoms with Gasteiger partial charge in [0.05, 0.1) is 5.69 Å². The molecule has 6 heteroatoms. The standard InChI is InChI=1S/C15H14N4OS/c1-9(2)13(20)16-14-17-15-19(18-14)12(8-21-15)11-6-4-10(3)5-7-11/h4-8H,1H2,2-3H3,(H,16,18,20). The van der Waals surface area contributed by atoms with E-state index in [-0.39, 0.29) is 5.91 Å². The molecule has 0 aliphatic carbocycles. The molecule has 0 fully saturated rings. The zero-order valence-corrected chi connectivity index (χ0v) is 12.6. The molecule has 0 saturated carbocycles. The Morgan fingerprint density at radius 1 is 1.33 bits per heavy atom. The Balaban J connectivity index is 1.98. The zero-order chi connectivity index (χ0) is 15.0. The molecule has 1 N–H and O–H groups in total. The third-order valence-corrected chi connectivity index (χ3v) is 3.86. The second-order valence-corrected chi connectivity index (χ2v) is 5.69. The van der Waals surface area contributed by atoms with Gasteiger partial charge in [0.1, 0.15) is 0 Å². The van der Waals surface area contributed by atoms with Gasteiger partial charge in [0.2, 0.25) is 4.96 Å². The number of aromatic nitrogens is 3. The molecule has 3 rings (SSSR count). The van der Waals surface area contributed by atoms with Crippen molar-refractivity contribution < 1.29 is 4.79 Å². The molecule has 2 heterocycles. The summed E-state index contributed by atoms with van der Waals surface area (Å²) in [6.45, 7) is 7.29. The molecule has 0 saturated heterocycles. The molecule has 1 aromatic carbocycles. The number of amides is 1. The quantitative estimate of drug-likeness (QED) is 0.755. The molecule has 0 aliphatic rings. The van der Waals surface area contributed by atoms with E-state index in [0.717, 1.165) is 16.2 Å². The first-order valence-electron chi connectivity index (χ1n) is 6.43. The van der Waals surface area contributed by atoms with Crippen LogP contribution in [-0.2, 0) is 4.79 Å². The number of rotatable bonds is 3. The Morgan fingerprint density at radius 3 is 2.71 bits per heavy atom. The Bertz CT molecular complexity index is 829. The maximum atomic E-state index is 11.6. The number of nitrogens with one attached hydrogen (secondary N) is 1. The highest BCUT2D eigenvalue weighted by Crippen LogP contribution is 2.26. The lowest BCUT2D eigenvalue weighted by Crippen LogP contribution is -2.13. The van der Waals surface area contributed by atoms with Crippen LogP contribution in [0.1, 0.15) is 12.5 Å². The van der Waals surface area contributed by atoms with Crippen molar-refractivity contribution >= 4 is 28.2 Å². The minimum Gasteiger partial charge on any atom is -0.289 e. The van der Waals surface area contributed by atoms with Crippen molar-refractivity contribution in [2.45, 2.75) is 13.8 Å². The number of hydrogen-bond acceptors (Lipinski definition) is 4. The van der Waals surface area contributed by atoms with E-state index in [1.165, 1.54) is 16.9 Å². The second-order valence-electron chi connectivity index (χ2n) is 4.85. The predicted octanol–water partition coefficient (Wildman–Crippen LogP) is 3.28. The van der Waals surface area contributed by atoms with Crippen LogP contribution in [0.5, 0.6) is 0 Å². The maximum absolute atomic E-state index is 11.6. The van der Waals surface area contributed by atoms with E-state index in [1.807, 2.05) is 24.4 Å². The Kier molecular flexibility index (Phi) is 3.31. The minimum absolute atomic E-state index is 0.273. The smallest absolute Gasteiger partial charge is 0.253 e. The highest BCUT2D eigenvalue weighted by Gasteiger charge is 2.13. The number of carbonyl (C=O) groups excluding carboxylic acids is 1. The van der Waals surface area contributed by atoms with Gasteiger partial charge < -0.3 is 0 Å². The van der Waals surface area contributed by atoms with Crippen LogP contribution in [0.25, 0.3) is 16.2 Å². The largest absolute Gasteiger partial charge is 0.289 e. The van der Waals surface area contributed by atoms with Crippen molar-refractivity contribution in [2.75, 3.05) is 5.32 Å². The lowest BCUT2D eigenvalue weighted by molar-refractivity contribution is -0.112. The number of aryl methyl sites for hydroxylation is 1. The number of benzene rings is 1. The van der Waals surface area contributed by atoms with Crippen molar-refractivity contribution in [1.82, 2.24) is 14.6 Å². The lowest BCUT2D eigenvalue weighted by atomic mass is 10.1. The summed E-state index contributed by atoms with van der Waals surface area (Å²) in [5.41, 5.74) is 3.65. The van der Waals surface area contributed by atoms with Gasteiger partial charge in [-0.3, -0.25) is 10.1 Å². The molecule has 1 amide bonds. The number of hydrogen-bond donors (Lipinski definition) is 1. The van der Waals surface area contributed by atoms with E-state index < -0.39 is 0 Å². The molecule has 0 aliphatic heterocycles. The highest BCUT2D eigenvalue weighted by atomic mass is 32.1. The average molecular weight is 298 g/mol. The molecular weight excluding hydrogens is 284 g/mol. The summed E-state index contributed by atoms with van der Waals surface area (Å²) in [6, 6.07) is 8.20. The second kappa shape index (κ2) is 5.14. The fourth-order valence-electron chi connectivity index (χ4n) is 1.87. The zero-order valence-electron chi connectivity index (χ0n) is 11.8. The van der Waals surface area contributed by atoms with Gasteiger partial charge in [0.25, 0.3) is 11.9 Å². The number of anilines is 1. The van der Waals surface area contributed by atoms with Gasteiger partial charge in [-0.1, -0.05) is 36.4 Å². The molecule has 3 aromatic rings. The third kappa shape index (κ3) is 2.57. The topological polar surface area (TPSA) is 59.3 Å². The van der Waals surface area contributed by atoms with Crippen molar-refractivity contribution in [3.05, 3.63) is 47.4 Å². The van der Waals surface area contributed by atoms with Crippen LogP contribution >= 0.6 is 11.3 Å². The molecule has 0 bridgehead atoms. The average Bonchev–Trinajstić information content (AvgIpc) is 2.99. The van der Waals surface area contributed by atoms with E-state index in [4.69, 9.17) is 0 Å². The molecule has 106 valence electrons. The molecule has 0 atom stereocenters. The van der Waals surface area contributed by atoms with Crippen LogP contribution in [-0.4, -0.2) is 20.5 Å². The fourth-order valence-corrected chi connectivity index (χ4v) is 2.70. The molecular formula is C15H14N4OS. The Hall–Kier alpha value is -2.47. The first-order chi connectivity index (χ1) is 10.0.